The molecule has 0 radical (unpaired) electrons. The van der Waals surface area contributed by atoms with Gasteiger partial charge in [0.05, 0.1) is 0 Å². The van der Waals surface area contributed by atoms with Crippen molar-refractivity contribution in [2.75, 3.05) is 26.3 Å². The van der Waals surface area contributed by atoms with Gasteiger partial charge in [0.2, 0.25) is 0 Å². The molecule has 1 fully saturated rings. The van der Waals surface area contributed by atoms with Crippen LogP contribution in [0.25, 0.3) is 0 Å². The van der Waals surface area contributed by atoms with Gasteiger partial charge in [-0.05, 0) is 37.9 Å². The van der Waals surface area contributed by atoms with E-state index in [1.165, 1.54) is 18.4 Å². The molecule has 3 rings (SSSR count). The summed E-state index contributed by atoms with van der Waals surface area (Å²) >= 11 is 0. The highest BCUT2D eigenvalue weighted by molar-refractivity contribution is 5.49. The van der Waals surface area contributed by atoms with Crippen molar-refractivity contribution in [1.82, 2.24) is 5.32 Å². The Labute approximate surface area is 95.8 Å². The average Bonchev–Trinajstić information content (AvgIpc) is 2.39. The molecule has 0 aromatic heterocycles. The topological polar surface area (TPSA) is 30.5 Å². The Hall–Kier alpha value is -1.22. The standard InChI is InChI=1S/C13H17NO2/c1-2-11(10-4-6-14-7-5-10)13-12(3-1)15-8-9-16-13/h1-3,10,14H,4-9H2. The number of rotatable bonds is 1. The summed E-state index contributed by atoms with van der Waals surface area (Å²) in [5.74, 6) is 2.53. The molecule has 3 nitrogen and oxygen atoms in total. The first-order chi connectivity index (χ1) is 7.95. The van der Waals surface area contributed by atoms with Crippen LogP contribution >= 0.6 is 0 Å². The zero-order valence-electron chi connectivity index (χ0n) is 9.37. The summed E-state index contributed by atoms with van der Waals surface area (Å²) in [6.07, 6.45) is 2.39. The minimum Gasteiger partial charge on any atom is -0.486 e. The summed E-state index contributed by atoms with van der Waals surface area (Å²) in [5, 5.41) is 3.39. The number of hydrogen-bond acceptors (Lipinski definition) is 3. The molecule has 0 aliphatic carbocycles. The molecule has 2 aliphatic heterocycles. The van der Waals surface area contributed by atoms with Crippen LogP contribution in [0.5, 0.6) is 11.5 Å². The number of nitrogens with one attached hydrogen (secondary N) is 1. The molecule has 1 saturated heterocycles. The van der Waals surface area contributed by atoms with E-state index in [-0.39, 0.29) is 0 Å². The molecule has 0 saturated carbocycles. The van der Waals surface area contributed by atoms with Gasteiger partial charge in [0.25, 0.3) is 0 Å². The van der Waals surface area contributed by atoms with Crippen LogP contribution in [-0.4, -0.2) is 26.3 Å². The number of benzene rings is 1. The maximum Gasteiger partial charge on any atom is 0.164 e. The van der Waals surface area contributed by atoms with E-state index in [0.29, 0.717) is 19.1 Å². The van der Waals surface area contributed by atoms with Crippen LogP contribution in [0, 0.1) is 0 Å². The molecule has 1 aromatic rings. The van der Waals surface area contributed by atoms with Crippen molar-refractivity contribution >= 4 is 0 Å². The molecule has 0 bridgehead atoms. The Balaban J connectivity index is 1.93. The number of piperidine rings is 1. The van der Waals surface area contributed by atoms with Gasteiger partial charge in [-0.3, -0.25) is 0 Å². The smallest absolute Gasteiger partial charge is 0.164 e. The monoisotopic (exact) mass is 219 g/mol. The molecule has 2 heterocycles. The minimum absolute atomic E-state index is 0.623. The summed E-state index contributed by atoms with van der Waals surface area (Å²) in [6.45, 7) is 3.56. The molecule has 0 atom stereocenters. The molecule has 2 aliphatic rings. The Morgan fingerprint density at radius 1 is 1.06 bits per heavy atom. The number of fused-ring (bicyclic) bond motifs is 1. The van der Waals surface area contributed by atoms with Crippen molar-refractivity contribution in [3.63, 3.8) is 0 Å². The first-order valence-corrected chi connectivity index (χ1v) is 6.04. The highest BCUT2D eigenvalue weighted by Gasteiger charge is 2.23. The maximum absolute atomic E-state index is 5.76. The largest absolute Gasteiger partial charge is 0.486 e. The van der Waals surface area contributed by atoms with E-state index in [1.807, 2.05) is 6.07 Å². The average molecular weight is 219 g/mol. The van der Waals surface area contributed by atoms with Gasteiger partial charge in [-0.15, -0.1) is 0 Å². The number of para-hydroxylation sites is 1. The summed E-state index contributed by atoms with van der Waals surface area (Å²) in [6, 6.07) is 6.26. The second-order valence-electron chi connectivity index (χ2n) is 4.40. The molecule has 0 unspecified atom stereocenters. The van der Waals surface area contributed by atoms with E-state index in [9.17, 15) is 0 Å². The van der Waals surface area contributed by atoms with Crippen LogP contribution in [0.4, 0.5) is 0 Å². The minimum atomic E-state index is 0.623. The van der Waals surface area contributed by atoms with Crippen molar-refractivity contribution in [2.45, 2.75) is 18.8 Å². The molecule has 0 amide bonds. The predicted octanol–water partition coefficient (Wildman–Crippen LogP) is 1.92. The highest BCUT2D eigenvalue weighted by Crippen LogP contribution is 2.40. The van der Waals surface area contributed by atoms with Gasteiger partial charge in [0.1, 0.15) is 13.2 Å². The van der Waals surface area contributed by atoms with Crippen LogP contribution in [0.2, 0.25) is 0 Å². The summed E-state index contributed by atoms with van der Waals surface area (Å²) < 4.78 is 11.4. The number of hydrogen-bond donors (Lipinski definition) is 1. The van der Waals surface area contributed by atoms with Crippen molar-refractivity contribution in [2.24, 2.45) is 0 Å². The Morgan fingerprint density at radius 2 is 1.88 bits per heavy atom. The van der Waals surface area contributed by atoms with Crippen LogP contribution in [0.3, 0.4) is 0 Å². The molecular weight excluding hydrogens is 202 g/mol. The van der Waals surface area contributed by atoms with Gasteiger partial charge in [-0.2, -0.15) is 0 Å². The van der Waals surface area contributed by atoms with E-state index in [4.69, 9.17) is 9.47 Å². The Morgan fingerprint density at radius 3 is 2.75 bits per heavy atom. The lowest BCUT2D eigenvalue weighted by Crippen LogP contribution is -2.27. The van der Waals surface area contributed by atoms with Gasteiger partial charge in [0, 0.05) is 5.56 Å². The second-order valence-corrected chi connectivity index (χ2v) is 4.40. The zero-order valence-corrected chi connectivity index (χ0v) is 9.37. The van der Waals surface area contributed by atoms with Crippen molar-refractivity contribution in [3.05, 3.63) is 23.8 Å². The predicted molar refractivity (Wildman–Crippen MR) is 62.3 cm³/mol. The fraction of sp³-hybridized carbons (Fsp3) is 0.538. The molecule has 3 heteroatoms. The van der Waals surface area contributed by atoms with E-state index in [0.717, 1.165) is 24.6 Å². The van der Waals surface area contributed by atoms with E-state index in [1.54, 1.807) is 0 Å². The van der Waals surface area contributed by atoms with Crippen LogP contribution in [-0.2, 0) is 0 Å². The molecule has 1 N–H and O–H groups in total. The molecular formula is C13H17NO2. The quantitative estimate of drug-likeness (QED) is 0.782. The lowest BCUT2D eigenvalue weighted by molar-refractivity contribution is 0.168. The molecule has 86 valence electrons. The van der Waals surface area contributed by atoms with Crippen LogP contribution in [0.1, 0.15) is 24.3 Å². The van der Waals surface area contributed by atoms with Gasteiger partial charge in [-0.1, -0.05) is 12.1 Å². The van der Waals surface area contributed by atoms with E-state index in [2.05, 4.69) is 17.4 Å². The lowest BCUT2D eigenvalue weighted by atomic mass is 9.89. The van der Waals surface area contributed by atoms with Gasteiger partial charge < -0.3 is 14.8 Å². The first-order valence-electron chi connectivity index (χ1n) is 6.04. The van der Waals surface area contributed by atoms with Crippen molar-refractivity contribution in [1.29, 1.82) is 0 Å². The molecule has 0 spiro atoms. The second kappa shape index (κ2) is 4.34. The molecule has 16 heavy (non-hydrogen) atoms. The van der Waals surface area contributed by atoms with Crippen molar-refractivity contribution < 1.29 is 9.47 Å². The van der Waals surface area contributed by atoms with Crippen molar-refractivity contribution in [3.8, 4) is 11.5 Å². The normalized spacial score (nSPS) is 20.8. The van der Waals surface area contributed by atoms with Crippen LogP contribution in [0.15, 0.2) is 18.2 Å². The van der Waals surface area contributed by atoms with Gasteiger partial charge >= 0.3 is 0 Å². The fourth-order valence-corrected chi connectivity index (χ4v) is 2.55. The summed E-state index contributed by atoms with van der Waals surface area (Å²) in [4.78, 5) is 0. The Kier molecular flexibility index (Phi) is 2.70. The van der Waals surface area contributed by atoms with E-state index < -0.39 is 0 Å². The fourth-order valence-electron chi connectivity index (χ4n) is 2.55. The maximum atomic E-state index is 5.76. The van der Waals surface area contributed by atoms with E-state index >= 15 is 0 Å². The lowest BCUT2D eigenvalue weighted by Gasteiger charge is -2.27. The van der Waals surface area contributed by atoms with Crippen LogP contribution < -0.4 is 14.8 Å². The third-order valence-electron chi connectivity index (χ3n) is 3.38. The third-order valence-corrected chi connectivity index (χ3v) is 3.38. The van der Waals surface area contributed by atoms with Gasteiger partial charge in [-0.25, -0.2) is 0 Å². The van der Waals surface area contributed by atoms with Gasteiger partial charge in [0.15, 0.2) is 11.5 Å². The SMILES string of the molecule is c1cc2c(c(C3CCNCC3)c1)OCCO2. The summed E-state index contributed by atoms with van der Waals surface area (Å²) in [5.41, 5.74) is 1.33. The Bertz CT molecular complexity index is 372. The third kappa shape index (κ3) is 1.76. The highest BCUT2D eigenvalue weighted by atomic mass is 16.6. The number of ether oxygens (including phenoxy) is 2. The summed E-state index contributed by atoms with van der Waals surface area (Å²) in [7, 11) is 0. The first kappa shape index (κ1) is 9.97. The molecule has 1 aromatic carbocycles. The zero-order chi connectivity index (χ0) is 10.8.